The normalized spacial score (nSPS) is 11.0. The van der Waals surface area contributed by atoms with Crippen LogP contribution in [0.25, 0.3) is 16.7 Å². The van der Waals surface area contributed by atoms with Crippen molar-refractivity contribution in [3.05, 3.63) is 63.0 Å². The van der Waals surface area contributed by atoms with Crippen molar-refractivity contribution in [2.24, 2.45) is 0 Å². The van der Waals surface area contributed by atoms with Crippen molar-refractivity contribution >= 4 is 34.2 Å². The first-order chi connectivity index (χ1) is 8.66. The van der Waals surface area contributed by atoms with Crippen LogP contribution in [0.2, 0.25) is 10.0 Å². The van der Waals surface area contributed by atoms with Gasteiger partial charge in [-0.15, -0.1) is 0 Å². The number of H-pyrrole nitrogens is 1. The SMILES string of the molecule is O=c1[nH]c2cccc(Cl)c2n1-c1ccc(Cl)cc1. The zero-order valence-electron chi connectivity index (χ0n) is 9.15. The van der Waals surface area contributed by atoms with E-state index in [1.54, 1.807) is 36.4 Å². The lowest BCUT2D eigenvalue weighted by Gasteiger charge is -2.04. The highest BCUT2D eigenvalue weighted by Gasteiger charge is 2.11. The molecule has 0 spiro atoms. The van der Waals surface area contributed by atoms with Gasteiger partial charge < -0.3 is 4.98 Å². The summed E-state index contributed by atoms with van der Waals surface area (Å²) in [5.74, 6) is 0. The summed E-state index contributed by atoms with van der Waals surface area (Å²) < 4.78 is 1.54. The number of halogens is 2. The maximum atomic E-state index is 12.0. The molecule has 0 unspecified atom stereocenters. The van der Waals surface area contributed by atoms with Crippen molar-refractivity contribution in [1.29, 1.82) is 0 Å². The molecule has 3 aromatic rings. The molecule has 1 heterocycles. The van der Waals surface area contributed by atoms with Gasteiger partial charge in [-0.2, -0.15) is 0 Å². The number of imidazole rings is 1. The van der Waals surface area contributed by atoms with E-state index >= 15 is 0 Å². The van der Waals surface area contributed by atoms with Gasteiger partial charge in [-0.3, -0.25) is 4.57 Å². The van der Waals surface area contributed by atoms with E-state index in [-0.39, 0.29) is 5.69 Å². The number of para-hydroxylation sites is 1. The zero-order chi connectivity index (χ0) is 12.7. The van der Waals surface area contributed by atoms with Gasteiger partial charge >= 0.3 is 5.69 Å². The molecular weight excluding hydrogens is 271 g/mol. The number of rotatable bonds is 1. The summed E-state index contributed by atoms with van der Waals surface area (Å²) in [6.07, 6.45) is 0. The molecule has 2 aromatic carbocycles. The van der Waals surface area contributed by atoms with E-state index in [2.05, 4.69) is 4.98 Å². The Hall–Kier alpha value is -1.71. The van der Waals surface area contributed by atoms with Gasteiger partial charge in [0.2, 0.25) is 0 Å². The number of nitrogens with one attached hydrogen (secondary N) is 1. The van der Waals surface area contributed by atoms with E-state index in [9.17, 15) is 4.79 Å². The van der Waals surface area contributed by atoms with Crippen LogP contribution in [-0.2, 0) is 0 Å². The predicted octanol–water partition coefficient (Wildman–Crippen LogP) is 3.63. The number of hydrogen-bond donors (Lipinski definition) is 1. The summed E-state index contributed by atoms with van der Waals surface area (Å²) in [5.41, 5.74) is 1.89. The summed E-state index contributed by atoms with van der Waals surface area (Å²) in [4.78, 5) is 14.8. The molecular formula is C13H8Cl2N2O. The minimum Gasteiger partial charge on any atom is -0.305 e. The van der Waals surface area contributed by atoms with Crippen LogP contribution in [0, 0.1) is 0 Å². The monoisotopic (exact) mass is 278 g/mol. The fourth-order valence-electron chi connectivity index (χ4n) is 1.95. The Bertz CT molecular complexity index is 772. The first kappa shape index (κ1) is 11.4. The van der Waals surface area contributed by atoms with Crippen LogP contribution in [0.3, 0.4) is 0 Å². The van der Waals surface area contributed by atoms with Crippen LogP contribution in [0.4, 0.5) is 0 Å². The molecule has 3 nitrogen and oxygen atoms in total. The lowest BCUT2D eigenvalue weighted by atomic mass is 10.3. The van der Waals surface area contributed by atoms with E-state index in [1.807, 2.05) is 6.07 Å². The fraction of sp³-hybridized carbons (Fsp3) is 0. The summed E-state index contributed by atoms with van der Waals surface area (Å²) >= 11 is 12.0. The number of hydrogen-bond acceptors (Lipinski definition) is 1. The summed E-state index contributed by atoms with van der Waals surface area (Å²) in [5, 5.41) is 1.15. The van der Waals surface area contributed by atoms with E-state index in [0.717, 1.165) is 5.69 Å². The van der Waals surface area contributed by atoms with Crippen molar-refractivity contribution in [2.45, 2.75) is 0 Å². The third-order valence-corrected chi connectivity index (χ3v) is 3.30. The van der Waals surface area contributed by atoms with Gasteiger partial charge in [0.1, 0.15) is 0 Å². The molecule has 0 bridgehead atoms. The van der Waals surface area contributed by atoms with Crippen LogP contribution >= 0.6 is 23.2 Å². The molecule has 1 aromatic heterocycles. The second kappa shape index (κ2) is 4.19. The van der Waals surface area contributed by atoms with Crippen molar-refractivity contribution < 1.29 is 0 Å². The van der Waals surface area contributed by atoms with Gasteiger partial charge in [0.15, 0.2) is 0 Å². The second-order valence-electron chi connectivity index (χ2n) is 3.88. The standard InChI is InChI=1S/C13H8Cl2N2O/c14-8-4-6-9(7-5-8)17-12-10(15)2-1-3-11(12)16-13(17)18/h1-7H,(H,16,18). The largest absolute Gasteiger partial charge is 0.331 e. The molecule has 0 saturated heterocycles. The maximum absolute atomic E-state index is 12.0. The molecule has 0 aliphatic rings. The Morgan fingerprint density at radius 2 is 1.72 bits per heavy atom. The van der Waals surface area contributed by atoms with Gasteiger partial charge in [-0.05, 0) is 36.4 Å². The van der Waals surface area contributed by atoms with Gasteiger partial charge in [0.05, 0.1) is 21.7 Å². The molecule has 0 aliphatic heterocycles. The van der Waals surface area contributed by atoms with Gasteiger partial charge in [-0.1, -0.05) is 29.3 Å². The Labute approximate surface area is 113 Å². The number of nitrogens with zero attached hydrogens (tertiary/aromatic N) is 1. The van der Waals surface area contributed by atoms with E-state index in [1.165, 1.54) is 4.57 Å². The van der Waals surface area contributed by atoms with Crippen LogP contribution < -0.4 is 5.69 Å². The smallest absolute Gasteiger partial charge is 0.305 e. The minimum atomic E-state index is -0.222. The third kappa shape index (κ3) is 1.72. The molecule has 0 atom stereocenters. The molecule has 90 valence electrons. The highest BCUT2D eigenvalue weighted by Crippen LogP contribution is 2.24. The topological polar surface area (TPSA) is 37.8 Å². The summed E-state index contributed by atoms with van der Waals surface area (Å²) in [7, 11) is 0. The third-order valence-electron chi connectivity index (χ3n) is 2.74. The number of fused-ring (bicyclic) bond motifs is 1. The molecule has 0 fully saturated rings. The lowest BCUT2D eigenvalue weighted by Crippen LogP contribution is -2.14. The van der Waals surface area contributed by atoms with Crippen molar-refractivity contribution in [3.63, 3.8) is 0 Å². The molecule has 0 radical (unpaired) electrons. The second-order valence-corrected chi connectivity index (χ2v) is 4.72. The van der Waals surface area contributed by atoms with Crippen LogP contribution in [0.1, 0.15) is 0 Å². The fourth-order valence-corrected chi connectivity index (χ4v) is 2.34. The van der Waals surface area contributed by atoms with E-state index in [4.69, 9.17) is 23.2 Å². The van der Waals surface area contributed by atoms with Gasteiger partial charge in [0, 0.05) is 5.02 Å². The van der Waals surface area contributed by atoms with E-state index in [0.29, 0.717) is 21.1 Å². The molecule has 18 heavy (non-hydrogen) atoms. The van der Waals surface area contributed by atoms with Gasteiger partial charge in [-0.25, -0.2) is 4.79 Å². The average molecular weight is 279 g/mol. The Morgan fingerprint density at radius 3 is 2.44 bits per heavy atom. The molecule has 0 aliphatic carbocycles. The first-order valence-corrected chi connectivity index (χ1v) is 6.07. The van der Waals surface area contributed by atoms with Crippen molar-refractivity contribution in [2.75, 3.05) is 0 Å². The summed E-state index contributed by atoms with van der Waals surface area (Å²) in [6, 6.07) is 12.4. The molecule has 1 N–H and O–H groups in total. The van der Waals surface area contributed by atoms with Crippen molar-refractivity contribution in [3.8, 4) is 5.69 Å². The quantitative estimate of drug-likeness (QED) is 0.725. The van der Waals surface area contributed by atoms with Gasteiger partial charge in [0.25, 0.3) is 0 Å². The van der Waals surface area contributed by atoms with Crippen LogP contribution in [0.5, 0.6) is 0 Å². The number of aromatic amines is 1. The van der Waals surface area contributed by atoms with Crippen molar-refractivity contribution in [1.82, 2.24) is 9.55 Å². The molecule has 5 heteroatoms. The first-order valence-electron chi connectivity index (χ1n) is 5.32. The molecule has 3 rings (SSSR count). The maximum Gasteiger partial charge on any atom is 0.331 e. The highest BCUT2D eigenvalue weighted by molar-refractivity contribution is 6.35. The Morgan fingerprint density at radius 1 is 1.00 bits per heavy atom. The number of benzene rings is 2. The number of aromatic nitrogens is 2. The highest BCUT2D eigenvalue weighted by atomic mass is 35.5. The van der Waals surface area contributed by atoms with Crippen LogP contribution in [-0.4, -0.2) is 9.55 Å². The Balaban J connectivity index is 2.38. The minimum absolute atomic E-state index is 0.222. The average Bonchev–Trinajstić information content (AvgIpc) is 2.68. The molecule has 0 saturated carbocycles. The predicted molar refractivity (Wildman–Crippen MR) is 73.9 cm³/mol. The zero-order valence-corrected chi connectivity index (χ0v) is 10.7. The summed E-state index contributed by atoms with van der Waals surface area (Å²) in [6.45, 7) is 0. The Kier molecular flexibility index (Phi) is 2.65. The van der Waals surface area contributed by atoms with Crippen LogP contribution in [0.15, 0.2) is 47.3 Å². The lowest BCUT2D eigenvalue weighted by molar-refractivity contribution is 1.02. The molecule has 0 amide bonds. The van der Waals surface area contributed by atoms with E-state index < -0.39 is 0 Å².